The largest absolute Gasteiger partial charge is 0.366 e. The summed E-state index contributed by atoms with van der Waals surface area (Å²) >= 11 is 0. The maximum Gasteiger partial charge on any atom is 0.104 e. The normalized spacial score (nSPS) is 16.6. The summed E-state index contributed by atoms with van der Waals surface area (Å²) < 4.78 is 7.57. The molecule has 0 bridgehead atoms. The monoisotopic (exact) mass is 809 g/mol. The fraction of sp³-hybridized carbons (Fsp3) is 0.0690. The van der Waals surface area contributed by atoms with Crippen LogP contribution in [0.2, 0.25) is 0 Å². The van der Waals surface area contributed by atoms with Crippen molar-refractivity contribution in [3.8, 4) is 17.1 Å². The summed E-state index contributed by atoms with van der Waals surface area (Å²) in [6.45, 7) is 0. The molecule has 0 saturated carbocycles. The molecular formula is C58H43N5. The number of fused-ring (bicyclic) bond motifs is 9. The molecule has 5 nitrogen and oxygen atoms in total. The molecule has 1 aliphatic carbocycles. The number of para-hydroxylation sites is 6. The third-order valence-corrected chi connectivity index (χ3v) is 13.4. The lowest BCUT2D eigenvalue weighted by molar-refractivity contribution is 0.455. The second-order valence-electron chi connectivity index (χ2n) is 16.9. The van der Waals surface area contributed by atoms with Crippen LogP contribution in [0, 0.1) is 0 Å². The zero-order chi connectivity index (χ0) is 41.4. The summed E-state index contributed by atoms with van der Waals surface area (Å²) in [5.41, 5.74) is 15.1. The van der Waals surface area contributed by atoms with Crippen molar-refractivity contribution in [1.29, 1.82) is 0 Å². The van der Waals surface area contributed by atoms with Crippen LogP contribution in [0.5, 0.6) is 0 Å². The first-order valence-electron chi connectivity index (χ1n) is 22.1. The van der Waals surface area contributed by atoms with Gasteiger partial charge in [0.25, 0.3) is 0 Å². The predicted octanol–water partition coefficient (Wildman–Crippen LogP) is 13.9. The number of rotatable bonds is 6. The molecule has 0 spiro atoms. The lowest BCUT2D eigenvalue weighted by atomic mass is 9.93. The molecule has 0 amide bonds. The molecule has 1 aliphatic heterocycles. The molecule has 2 unspecified atom stereocenters. The molecule has 0 fully saturated rings. The molecule has 0 radical (unpaired) electrons. The van der Waals surface area contributed by atoms with E-state index in [-0.39, 0.29) is 12.2 Å². The summed E-state index contributed by atoms with van der Waals surface area (Å²) in [7, 11) is 0. The van der Waals surface area contributed by atoms with Crippen molar-refractivity contribution in [3.63, 3.8) is 0 Å². The Hall–Kier alpha value is -7.86. The zero-order valence-electron chi connectivity index (χ0n) is 34.6. The van der Waals surface area contributed by atoms with Crippen molar-refractivity contribution in [2.24, 2.45) is 0 Å². The Morgan fingerprint density at radius 2 is 0.857 bits per heavy atom. The van der Waals surface area contributed by atoms with Gasteiger partial charge < -0.3 is 19.0 Å². The Bertz CT molecular complexity index is 3410. The van der Waals surface area contributed by atoms with Crippen LogP contribution < -0.4 is 10.6 Å². The van der Waals surface area contributed by atoms with E-state index in [1.165, 1.54) is 43.5 Å². The highest BCUT2D eigenvalue weighted by atomic mass is 15.2. The number of hydrogen-bond donors (Lipinski definition) is 2. The number of nitrogens with zero attached hydrogens (tertiary/aromatic N) is 3. The van der Waals surface area contributed by atoms with Crippen molar-refractivity contribution < 1.29 is 0 Å². The minimum absolute atomic E-state index is 0.0433. The predicted molar refractivity (Wildman–Crippen MR) is 263 cm³/mol. The van der Waals surface area contributed by atoms with Crippen molar-refractivity contribution in [3.05, 3.63) is 229 Å². The summed E-state index contributed by atoms with van der Waals surface area (Å²) in [6, 6.07) is 69.1. The SMILES string of the molecule is C1=CCCC(C2C=C(c3ccccc3)NC(c3cc(-n4c5ccccc5c5ccccc54)c(-n4c5ccccc5c5ccccc54)c(-n4c5ccccc5c5ccccc54)c3)N2)=C1. The third-order valence-electron chi connectivity index (χ3n) is 13.4. The van der Waals surface area contributed by atoms with Gasteiger partial charge in [0.1, 0.15) is 6.17 Å². The molecule has 8 aromatic carbocycles. The molecule has 13 rings (SSSR count). The Labute approximate surface area is 365 Å². The summed E-state index contributed by atoms with van der Waals surface area (Å²) in [6.07, 6.45) is 11.0. The Morgan fingerprint density at radius 1 is 0.444 bits per heavy atom. The molecular weight excluding hydrogens is 767 g/mol. The molecule has 63 heavy (non-hydrogen) atoms. The number of nitrogens with one attached hydrogen (secondary N) is 2. The van der Waals surface area contributed by atoms with Gasteiger partial charge in [-0.25, -0.2) is 0 Å². The van der Waals surface area contributed by atoms with E-state index < -0.39 is 0 Å². The maximum absolute atomic E-state index is 4.13. The molecule has 2 N–H and O–H groups in total. The number of allylic oxidation sites excluding steroid dienone is 3. The molecule has 11 aromatic rings. The van der Waals surface area contributed by atoms with Crippen molar-refractivity contribution >= 4 is 71.1 Å². The lowest BCUT2D eigenvalue weighted by Gasteiger charge is -2.35. The summed E-state index contributed by atoms with van der Waals surface area (Å²) in [5.74, 6) is 0. The molecule has 300 valence electrons. The van der Waals surface area contributed by atoms with Crippen LogP contribution in [0.15, 0.2) is 218 Å². The Morgan fingerprint density at radius 3 is 1.29 bits per heavy atom. The van der Waals surface area contributed by atoms with Gasteiger partial charge >= 0.3 is 0 Å². The van der Waals surface area contributed by atoms with Crippen LogP contribution in [0.4, 0.5) is 0 Å². The van der Waals surface area contributed by atoms with Gasteiger partial charge in [0.2, 0.25) is 0 Å². The van der Waals surface area contributed by atoms with Crippen LogP contribution in [-0.4, -0.2) is 19.7 Å². The van der Waals surface area contributed by atoms with E-state index in [0.29, 0.717) is 0 Å². The first kappa shape index (κ1) is 35.9. The second kappa shape index (κ2) is 14.4. The first-order chi connectivity index (χ1) is 31.3. The van der Waals surface area contributed by atoms with E-state index in [0.717, 1.165) is 74.3 Å². The quantitative estimate of drug-likeness (QED) is 0.176. The average Bonchev–Trinajstić information content (AvgIpc) is 4.00. The van der Waals surface area contributed by atoms with E-state index in [2.05, 4.69) is 237 Å². The number of hydrogen-bond acceptors (Lipinski definition) is 2. The summed E-state index contributed by atoms with van der Waals surface area (Å²) in [5, 5.41) is 15.5. The van der Waals surface area contributed by atoms with Crippen LogP contribution in [-0.2, 0) is 0 Å². The Kier molecular flexibility index (Phi) is 8.18. The number of benzene rings is 8. The van der Waals surface area contributed by atoms with Gasteiger partial charge in [-0.15, -0.1) is 0 Å². The third kappa shape index (κ3) is 5.60. The molecule has 3 aromatic heterocycles. The van der Waals surface area contributed by atoms with Crippen molar-refractivity contribution in [2.45, 2.75) is 25.0 Å². The fourth-order valence-corrected chi connectivity index (χ4v) is 10.6. The minimum atomic E-state index is -0.229. The minimum Gasteiger partial charge on any atom is -0.366 e. The van der Waals surface area contributed by atoms with Gasteiger partial charge in [0.05, 0.1) is 56.2 Å². The second-order valence-corrected chi connectivity index (χ2v) is 16.9. The topological polar surface area (TPSA) is 38.9 Å². The number of aromatic nitrogens is 3. The van der Waals surface area contributed by atoms with Crippen molar-refractivity contribution in [1.82, 2.24) is 24.3 Å². The molecule has 5 heteroatoms. The average molecular weight is 810 g/mol. The van der Waals surface area contributed by atoms with E-state index in [1.807, 2.05) is 0 Å². The van der Waals surface area contributed by atoms with E-state index in [4.69, 9.17) is 0 Å². The van der Waals surface area contributed by atoms with E-state index in [1.54, 1.807) is 0 Å². The van der Waals surface area contributed by atoms with Gasteiger partial charge in [0.15, 0.2) is 0 Å². The van der Waals surface area contributed by atoms with Gasteiger partial charge in [-0.2, -0.15) is 0 Å². The lowest BCUT2D eigenvalue weighted by Crippen LogP contribution is -2.44. The first-order valence-corrected chi connectivity index (χ1v) is 22.1. The molecule has 2 atom stereocenters. The van der Waals surface area contributed by atoms with E-state index in [9.17, 15) is 0 Å². The molecule has 0 saturated heterocycles. The standard InChI is InChI=1S/C58H43N5/c1-3-19-38(20-4-1)47-37-48(39-21-5-2-6-22-39)60-58(59-47)40-35-55(61-49-29-13-7-23-41(49)42-24-8-14-30-50(42)61)57(63-53-33-17-11-27-45(53)46-28-12-18-34-54(46)63)56(36-40)62-51-31-15-9-25-43(51)44-26-10-16-32-52(44)62/h1-5,7-21,23-37,48,58-60H,6,22H2. The van der Waals surface area contributed by atoms with Crippen LogP contribution >= 0.6 is 0 Å². The smallest absolute Gasteiger partial charge is 0.104 e. The van der Waals surface area contributed by atoms with Crippen LogP contribution in [0.1, 0.15) is 30.1 Å². The molecule has 2 aliphatic rings. The highest BCUT2D eigenvalue weighted by molar-refractivity contribution is 6.13. The highest BCUT2D eigenvalue weighted by Gasteiger charge is 2.30. The van der Waals surface area contributed by atoms with Gasteiger partial charge in [0, 0.05) is 38.0 Å². The van der Waals surface area contributed by atoms with Gasteiger partial charge in [-0.1, -0.05) is 158 Å². The van der Waals surface area contributed by atoms with Gasteiger partial charge in [-0.05, 0) is 84.1 Å². The fourth-order valence-electron chi connectivity index (χ4n) is 10.6. The van der Waals surface area contributed by atoms with Gasteiger partial charge in [-0.3, -0.25) is 5.32 Å². The van der Waals surface area contributed by atoms with Crippen LogP contribution in [0.25, 0.3) is 88.2 Å². The van der Waals surface area contributed by atoms with Crippen molar-refractivity contribution in [2.75, 3.05) is 0 Å². The van der Waals surface area contributed by atoms with Crippen LogP contribution in [0.3, 0.4) is 0 Å². The Balaban J connectivity index is 1.20. The highest BCUT2D eigenvalue weighted by Crippen LogP contribution is 2.44. The van der Waals surface area contributed by atoms with E-state index >= 15 is 0 Å². The molecule has 4 heterocycles. The maximum atomic E-state index is 4.13. The summed E-state index contributed by atoms with van der Waals surface area (Å²) in [4.78, 5) is 0. The zero-order valence-corrected chi connectivity index (χ0v) is 34.6.